The quantitative estimate of drug-likeness (QED) is 0.384. The molecule has 0 radical (unpaired) electrons. The molecule has 4 aromatic rings. The number of nitrogens with zero attached hydrogens (tertiary/aromatic N) is 4. The molecule has 150 valence electrons. The summed E-state index contributed by atoms with van der Waals surface area (Å²) < 4.78 is 26.6. The maximum atomic E-state index is 12.5. The monoisotopic (exact) mass is 417 g/mol. The van der Waals surface area contributed by atoms with Crippen LogP contribution in [0.15, 0.2) is 95.3 Å². The number of hydrogen-bond donors (Lipinski definition) is 1. The first-order valence-corrected chi connectivity index (χ1v) is 10.7. The summed E-state index contributed by atoms with van der Waals surface area (Å²) >= 11 is 0. The van der Waals surface area contributed by atoms with Gasteiger partial charge >= 0.3 is 0 Å². The Kier molecular flexibility index (Phi) is 5.40. The van der Waals surface area contributed by atoms with Crippen molar-refractivity contribution in [1.82, 2.24) is 19.6 Å². The Morgan fingerprint density at radius 1 is 1.00 bits per heavy atom. The van der Waals surface area contributed by atoms with Gasteiger partial charge < -0.3 is 0 Å². The molecule has 0 bridgehead atoms. The van der Waals surface area contributed by atoms with Gasteiger partial charge in [-0.3, -0.25) is 4.98 Å². The fourth-order valence-corrected chi connectivity index (χ4v) is 3.65. The second-order valence-corrected chi connectivity index (χ2v) is 8.28. The minimum atomic E-state index is -3.76. The smallest absolute Gasteiger partial charge is 0.264 e. The molecule has 0 aliphatic carbocycles. The number of benzene rings is 2. The SMILES string of the molecule is Cc1ccc(S(=O)(=O)NN=Cc2cn(-c3ccccc3)nc2-c2cccnc2)cc1. The van der Waals surface area contributed by atoms with Gasteiger partial charge in [0, 0.05) is 29.7 Å². The second kappa shape index (κ2) is 8.30. The zero-order valence-corrected chi connectivity index (χ0v) is 17.0. The van der Waals surface area contributed by atoms with Crippen molar-refractivity contribution >= 4 is 16.2 Å². The van der Waals surface area contributed by atoms with Crippen molar-refractivity contribution in [2.45, 2.75) is 11.8 Å². The highest BCUT2D eigenvalue weighted by Crippen LogP contribution is 2.22. The van der Waals surface area contributed by atoms with E-state index in [4.69, 9.17) is 0 Å². The maximum Gasteiger partial charge on any atom is 0.276 e. The molecule has 30 heavy (non-hydrogen) atoms. The molecule has 8 heteroatoms. The largest absolute Gasteiger partial charge is 0.276 e. The molecule has 1 N–H and O–H groups in total. The van der Waals surface area contributed by atoms with Gasteiger partial charge in [-0.1, -0.05) is 35.9 Å². The number of pyridine rings is 1. The van der Waals surface area contributed by atoms with Crippen molar-refractivity contribution in [3.05, 3.63) is 96.4 Å². The van der Waals surface area contributed by atoms with Crippen LogP contribution in [0.2, 0.25) is 0 Å². The van der Waals surface area contributed by atoms with E-state index < -0.39 is 10.0 Å². The number of aryl methyl sites for hydroxylation is 1. The molecule has 2 heterocycles. The highest BCUT2D eigenvalue weighted by Gasteiger charge is 2.14. The van der Waals surface area contributed by atoms with Gasteiger partial charge in [0.15, 0.2) is 0 Å². The molecule has 0 atom stereocenters. The maximum absolute atomic E-state index is 12.5. The van der Waals surface area contributed by atoms with Gasteiger partial charge in [0.05, 0.1) is 16.8 Å². The molecule has 0 unspecified atom stereocenters. The van der Waals surface area contributed by atoms with Gasteiger partial charge in [-0.25, -0.2) is 9.51 Å². The Bertz CT molecular complexity index is 1270. The topological polar surface area (TPSA) is 89.2 Å². The highest BCUT2D eigenvalue weighted by molar-refractivity contribution is 7.89. The van der Waals surface area contributed by atoms with E-state index >= 15 is 0 Å². The zero-order chi connectivity index (χ0) is 21.0. The first kappa shape index (κ1) is 19.5. The molecule has 0 saturated heterocycles. The van der Waals surface area contributed by atoms with E-state index in [2.05, 4.69) is 20.0 Å². The van der Waals surface area contributed by atoms with E-state index in [1.807, 2.05) is 49.4 Å². The summed E-state index contributed by atoms with van der Waals surface area (Å²) in [6, 6.07) is 19.9. The molecule has 2 aromatic heterocycles. The van der Waals surface area contributed by atoms with Crippen molar-refractivity contribution < 1.29 is 8.42 Å². The number of hydrogen-bond acceptors (Lipinski definition) is 5. The third kappa shape index (κ3) is 4.28. The van der Waals surface area contributed by atoms with Crippen LogP contribution in [-0.4, -0.2) is 29.4 Å². The van der Waals surface area contributed by atoms with Gasteiger partial charge in [0.2, 0.25) is 0 Å². The molecule has 0 aliphatic heterocycles. The summed E-state index contributed by atoms with van der Waals surface area (Å²) in [6.45, 7) is 1.90. The number of rotatable bonds is 6. The summed E-state index contributed by atoms with van der Waals surface area (Å²) in [4.78, 5) is 6.56. The summed E-state index contributed by atoms with van der Waals surface area (Å²) in [7, 11) is -3.76. The van der Waals surface area contributed by atoms with Crippen LogP contribution in [0.4, 0.5) is 0 Å². The third-order valence-corrected chi connectivity index (χ3v) is 5.64. The molecule has 4 rings (SSSR count). The lowest BCUT2D eigenvalue weighted by atomic mass is 10.1. The van der Waals surface area contributed by atoms with Crippen LogP contribution in [-0.2, 0) is 10.0 Å². The normalized spacial score (nSPS) is 11.6. The average Bonchev–Trinajstić information content (AvgIpc) is 3.19. The Morgan fingerprint density at radius 3 is 2.47 bits per heavy atom. The van der Waals surface area contributed by atoms with Crippen LogP contribution >= 0.6 is 0 Å². The van der Waals surface area contributed by atoms with Crippen molar-refractivity contribution in [3.8, 4) is 16.9 Å². The van der Waals surface area contributed by atoms with Crippen LogP contribution < -0.4 is 4.83 Å². The Hall–Kier alpha value is -3.78. The average molecular weight is 417 g/mol. The Balaban J connectivity index is 1.66. The van der Waals surface area contributed by atoms with Crippen molar-refractivity contribution in [1.29, 1.82) is 0 Å². The summed E-state index contributed by atoms with van der Waals surface area (Å²) in [6.07, 6.45) is 6.62. The molecule has 2 aromatic carbocycles. The molecule has 0 amide bonds. The Morgan fingerprint density at radius 2 is 1.77 bits per heavy atom. The molecule has 7 nitrogen and oxygen atoms in total. The van der Waals surface area contributed by atoms with E-state index in [9.17, 15) is 8.42 Å². The predicted molar refractivity (Wildman–Crippen MR) is 116 cm³/mol. The van der Waals surface area contributed by atoms with Crippen LogP contribution in [0.25, 0.3) is 16.9 Å². The van der Waals surface area contributed by atoms with Crippen molar-refractivity contribution in [3.63, 3.8) is 0 Å². The van der Waals surface area contributed by atoms with E-state index in [0.29, 0.717) is 11.3 Å². The summed E-state index contributed by atoms with van der Waals surface area (Å²) in [5, 5.41) is 8.61. The zero-order valence-electron chi connectivity index (χ0n) is 16.2. The lowest BCUT2D eigenvalue weighted by Gasteiger charge is -2.03. The van der Waals surface area contributed by atoms with Crippen LogP contribution in [0.5, 0.6) is 0 Å². The van der Waals surface area contributed by atoms with Gasteiger partial charge in [-0.05, 0) is 43.3 Å². The number of aromatic nitrogens is 3. The van der Waals surface area contributed by atoms with Gasteiger partial charge in [0.1, 0.15) is 5.69 Å². The molecule has 0 fully saturated rings. The minimum Gasteiger partial charge on any atom is -0.264 e. The summed E-state index contributed by atoms with van der Waals surface area (Å²) in [5.41, 5.74) is 3.95. The molecule has 0 saturated carbocycles. The third-order valence-electron chi connectivity index (χ3n) is 4.41. The molecule has 0 aliphatic rings. The summed E-state index contributed by atoms with van der Waals surface area (Å²) in [5.74, 6) is 0. The Labute approximate surface area is 174 Å². The predicted octanol–water partition coefficient (Wildman–Crippen LogP) is 3.56. The van der Waals surface area contributed by atoms with Gasteiger partial charge in [-0.2, -0.15) is 18.6 Å². The second-order valence-electron chi connectivity index (χ2n) is 6.62. The first-order chi connectivity index (χ1) is 14.5. The number of nitrogens with one attached hydrogen (secondary N) is 1. The lowest BCUT2D eigenvalue weighted by molar-refractivity contribution is 0.584. The van der Waals surface area contributed by atoms with Crippen LogP contribution in [0.1, 0.15) is 11.1 Å². The molecule has 0 spiro atoms. The minimum absolute atomic E-state index is 0.151. The van der Waals surface area contributed by atoms with E-state index in [1.165, 1.54) is 6.21 Å². The molecular weight excluding hydrogens is 398 g/mol. The standard InChI is InChI=1S/C22H19N5O2S/c1-17-9-11-21(12-10-17)30(28,29)26-24-15-19-16-27(20-7-3-2-4-8-20)25-22(19)18-6-5-13-23-14-18/h2-16,26H,1H3. The highest BCUT2D eigenvalue weighted by atomic mass is 32.2. The fourth-order valence-electron chi connectivity index (χ4n) is 2.86. The number of hydrazone groups is 1. The van der Waals surface area contributed by atoms with Crippen molar-refractivity contribution in [2.75, 3.05) is 0 Å². The van der Waals surface area contributed by atoms with Crippen molar-refractivity contribution in [2.24, 2.45) is 5.10 Å². The van der Waals surface area contributed by atoms with E-state index in [1.54, 1.807) is 47.5 Å². The molecular formula is C22H19N5O2S. The fraction of sp³-hybridized carbons (Fsp3) is 0.0455. The van der Waals surface area contributed by atoms with E-state index in [-0.39, 0.29) is 4.90 Å². The lowest BCUT2D eigenvalue weighted by Crippen LogP contribution is -2.18. The number of sulfonamides is 1. The number of para-hydroxylation sites is 1. The van der Waals surface area contributed by atoms with Crippen LogP contribution in [0, 0.1) is 6.92 Å². The van der Waals surface area contributed by atoms with Crippen LogP contribution in [0.3, 0.4) is 0 Å². The van der Waals surface area contributed by atoms with Gasteiger partial charge in [0.25, 0.3) is 10.0 Å². The van der Waals surface area contributed by atoms with E-state index in [0.717, 1.165) is 16.8 Å². The first-order valence-electron chi connectivity index (χ1n) is 9.20. The van der Waals surface area contributed by atoms with Gasteiger partial charge in [-0.15, -0.1) is 0 Å².